The minimum atomic E-state index is -0.239. The Morgan fingerprint density at radius 2 is 2.00 bits per heavy atom. The molecule has 6 nitrogen and oxygen atoms in total. The molecule has 1 atom stereocenters. The molecular weight excluding hydrogens is 348 g/mol. The zero-order chi connectivity index (χ0) is 17.8. The number of hydrogen-bond donors (Lipinski definition) is 1. The number of para-hydroxylation sites is 1. The lowest BCUT2D eigenvalue weighted by Gasteiger charge is -2.25. The molecule has 0 saturated heterocycles. The Hall–Kier alpha value is -2.80. The third kappa shape index (κ3) is 3.88. The van der Waals surface area contributed by atoms with E-state index in [-0.39, 0.29) is 12.0 Å². The van der Waals surface area contributed by atoms with Gasteiger partial charge in [-0.15, -0.1) is 16.9 Å². The van der Waals surface area contributed by atoms with Crippen LogP contribution in [0.15, 0.2) is 65.7 Å². The van der Waals surface area contributed by atoms with Gasteiger partial charge in [-0.25, -0.2) is 4.68 Å². The fourth-order valence-corrected chi connectivity index (χ4v) is 3.70. The zero-order valence-corrected chi connectivity index (χ0v) is 14.9. The van der Waals surface area contributed by atoms with E-state index in [0.29, 0.717) is 18.8 Å². The average Bonchev–Trinajstić information content (AvgIpc) is 3.15. The molecule has 7 heteroatoms. The number of nitrogens with zero attached hydrogens (tertiary/aromatic N) is 3. The third-order valence-corrected chi connectivity index (χ3v) is 5.20. The molecule has 2 heterocycles. The summed E-state index contributed by atoms with van der Waals surface area (Å²) in [6, 6.07) is 17.9. The van der Waals surface area contributed by atoms with Crippen molar-refractivity contribution in [3.05, 3.63) is 72.1 Å². The molecule has 0 bridgehead atoms. The standard InChI is InChI=1S/C19H18N4O2S/c24-19(16-12-23(22-21-16)11-14-6-2-1-3-7-14)20-10-15-13-26-18-9-5-4-8-17(18)25-15/h1-9,12,15H,10-11,13H2,(H,20,24). The largest absolute Gasteiger partial charge is 0.487 e. The lowest BCUT2D eigenvalue weighted by atomic mass is 10.2. The first-order valence-corrected chi connectivity index (χ1v) is 9.37. The van der Waals surface area contributed by atoms with Crippen LogP contribution in [-0.2, 0) is 6.54 Å². The maximum Gasteiger partial charge on any atom is 0.273 e. The molecule has 1 unspecified atom stereocenters. The summed E-state index contributed by atoms with van der Waals surface area (Å²) in [6.07, 6.45) is 1.60. The summed E-state index contributed by atoms with van der Waals surface area (Å²) in [5.41, 5.74) is 1.42. The van der Waals surface area contributed by atoms with Gasteiger partial charge in [-0.1, -0.05) is 47.7 Å². The first-order chi connectivity index (χ1) is 12.8. The molecule has 1 aliphatic rings. The number of carbonyl (C=O) groups excluding carboxylic acids is 1. The minimum absolute atomic E-state index is 0.0572. The maximum atomic E-state index is 12.3. The summed E-state index contributed by atoms with van der Waals surface area (Å²) < 4.78 is 7.59. The van der Waals surface area contributed by atoms with Gasteiger partial charge in [0, 0.05) is 10.6 Å². The van der Waals surface area contributed by atoms with E-state index < -0.39 is 0 Å². The molecule has 1 amide bonds. The number of fused-ring (bicyclic) bond motifs is 1. The van der Waals surface area contributed by atoms with E-state index in [4.69, 9.17) is 4.74 Å². The summed E-state index contributed by atoms with van der Waals surface area (Å²) in [5.74, 6) is 1.44. The van der Waals surface area contributed by atoms with Crippen LogP contribution in [0.1, 0.15) is 16.1 Å². The van der Waals surface area contributed by atoms with Gasteiger partial charge in [-0.2, -0.15) is 0 Å². The summed E-state index contributed by atoms with van der Waals surface area (Å²) in [5, 5.41) is 10.9. The zero-order valence-electron chi connectivity index (χ0n) is 14.0. The predicted molar refractivity (Wildman–Crippen MR) is 99.5 cm³/mol. The molecule has 2 aromatic carbocycles. The number of rotatable bonds is 5. The fourth-order valence-electron chi connectivity index (χ4n) is 2.71. The summed E-state index contributed by atoms with van der Waals surface area (Å²) in [6.45, 7) is 1.02. The van der Waals surface area contributed by atoms with Crippen LogP contribution in [0.4, 0.5) is 0 Å². The second kappa shape index (κ2) is 7.61. The number of benzene rings is 2. The second-order valence-corrected chi connectivity index (χ2v) is 7.06. The van der Waals surface area contributed by atoms with E-state index in [0.717, 1.165) is 22.0 Å². The monoisotopic (exact) mass is 366 g/mol. The Labute approximate surface area is 155 Å². The van der Waals surface area contributed by atoms with Crippen molar-refractivity contribution in [1.29, 1.82) is 0 Å². The summed E-state index contributed by atoms with van der Waals surface area (Å²) >= 11 is 1.74. The van der Waals surface area contributed by atoms with Crippen LogP contribution in [0.25, 0.3) is 0 Å². The molecule has 0 radical (unpaired) electrons. The van der Waals surface area contributed by atoms with Crippen LogP contribution < -0.4 is 10.1 Å². The van der Waals surface area contributed by atoms with Crippen molar-refractivity contribution in [2.75, 3.05) is 12.3 Å². The van der Waals surface area contributed by atoms with Gasteiger partial charge in [0.2, 0.25) is 0 Å². The highest BCUT2D eigenvalue weighted by molar-refractivity contribution is 7.99. The molecule has 26 heavy (non-hydrogen) atoms. The molecule has 0 aliphatic carbocycles. The van der Waals surface area contributed by atoms with Gasteiger partial charge < -0.3 is 10.1 Å². The Kier molecular flexibility index (Phi) is 4.88. The lowest BCUT2D eigenvalue weighted by molar-refractivity contribution is 0.0926. The van der Waals surface area contributed by atoms with Crippen LogP contribution in [0.3, 0.4) is 0 Å². The molecule has 4 rings (SSSR count). The average molecular weight is 366 g/mol. The number of thioether (sulfide) groups is 1. The molecule has 3 aromatic rings. The highest BCUT2D eigenvalue weighted by atomic mass is 32.2. The molecule has 0 spiro atoms. The van der Waals surface area contributed by atoms with Crippen LogP contribution in [0.5, 0.6) is 5.75 Å². The van der Waals surface area contributed by atoms with Crippen LogP contribution in [0.2, 0.25) is 0 Å². The van der Waals surface area contributed by atoms with E-state index >= 15 is 0 Å². The smallest absolute Gasteiger partial charge is 0.273 e. The van der Waals surface area contributed by atoms with E-state index in [2.05, 4.69) is 15.6 Å². The SMILES string of the molecule is O=C(NCC1CSc2ccccc2O1)c1cn(Cc2ccccc2)nn1. The molecular formula is C19H18N4O2S. The number of carbonyl (C=O) groups is 1. The first-order valence-electron chi connectivity index (χ1n) is 8.39. The predicted octanol–water partition coefficient (Wildman–Crippen LogP) is 2.61. The minimum Gasteiger partial charge on any atom is -0.487 e. The third-order valence-electron chi connectivity index (χ3n) is 4.02. The molecule has 1 aliphatic heterocycles. The Balaban J connectivity index is 1.32. The van der Waals surface area contributed by atoms with Crippen molar-refractivity contribution in [3.8, 4) is 5.75 Å². The Morgan fingerprint density at radius 3 is 2.88 bits per heavy atom. The van der Waals surface area contributed by atoms with E-state index in [1.54, 1.807) is 22.6 Å². The normalized spacial score (nSPS) is 15.8. The van der Waals surface area contributed by atoms with E-state index in [1.165, 1.54) is 0 Å². The first kappa shape index (κ1) is 16.7. The lowest BCUT2D eigenvalue weighted by Crippen LogP contribution is -2.38. The van der Waals surface area contributed by atoms with Gasteiger partial charge in [0.15, 0.2) is 5.69 Å². The number of nitrogens with one attached hydrogen (secondary N) is 1. The number of amides is 1. The highest BCUT2D eigenvalue weighted by Crippen LogP contribution is 2.34. The van der Waals surface area contributed by atoms with Crippen LogP contribution >= 0.6 is 11.8 Å². The number of hydrogen-bond acceptors (Lipinski definition) is 5. The second-order valence-electron chi connectivity index (χ2n) is 5.99. The van der Waals surface area contributed by atoms with Crippen molar-refractivity contribution < 1.29 is 9.53 Å². The van der Waals surface area contributed by atoms with Crippen molar-refractivity contribution in [3.63, 3.8) is 0 Å². The van der Waals surface area contributed by atoms with Crippen molar-refractivity contribution in [2.45, 2.75) is 17.5 Å². The van der Waals surface area contributed by atoms with Crippen molar-refractivity contribution >= 4 is 17.7 Å². The number of aromatic nitrogens is 3. The van der Waals surface area contributed by atoms with Crippen LogP contribution in [-0.4, -0.2) is 39.3 Å². The Morgan fingerprint density at radius 1 is 1.19 bits per heavy atom. The molecule has 0 saturated carbocycles. The topological polar surface area (TPSA) is 69.0 Å². The van der Waals surface area contributed by atoms with Crippen molar-refractivity contribution in [1.82, 2.24) is 20.3 Å². The summed E-state index contributed by atoms with van der Waals surface area (Å²) in [4.78, 5) is 13.4. The van der Waals surface area contributed by atoms with Crippen molar-refractivity contribution in [2.24, 2.45) is 0 Å². The molecule has 132 valence electrons. The van der Waals surface area contributed by atoms with Gasteiger partial charge >= 0.3 is 0 Å². The summed E-state index contributed by atoms with van der Waals surface area (Å²) in [7, 11) is 0. The van der Waals surface area contributed by atoms with Crippen LogP contribution in [0, 0.1) is 0 Å². The van der Waals surface area contributed by atoms with Gasteiger partial charge in [0.25, 0.3) is 5.91 Å². The maximum absolute atomic E-state index is 12.3. The Bertz CT molecular complexity index is 897. The van der Waals surface area contributed by atoms with E-state index in [1.807, 2.05) is 54.6 Å². The van der Waals surface area contributed by atoms with Gasteiger partial charge in [-0.05, 0) is 17.7 Å². The highest BCUT2D eigenvalue weighted by Gasteiger charge is 2.21. The van der Waals surface area contributed by atoms with E-state index in [9.17, 15) is 4.79 Å². The van der Waals surface area contributed by atoms with Gasteiger partial charge in [-0.3, -0.25) is 4.79 Å². The fraction of sp³-hybridized carbons (Fsp3) is 0.211. The number of ether oxygens (including phenoxy) is 1. The quantitative estimate of drug-likeness (QED) is 0.752. The van der Waals surface area contributed by atoms with Gasteiger partial charge in [0.05, 0.1) is 19.3 Å². The molecule has 1 N–H and O–H groups in total. The molecule has 0 fully saturated rings. The molecule has 1 aromatic heterocycles. The van der Waals surface area contributed by atoms with Gasteiger partial charge in [0.1, 0.15) is 11.9 Å².